The van der Waals surface area contributed by atoms with Gasteiger partial charge in [-0.3, -0.25) is 9.59 Å². The molecule has 0 aliphatic heterocycles. The van der Waals surface area contributed by atoms with Crippen LogP contribution in [0.2, 0.25) is 0 Å². The second kappa shape index (κ2) is 11.4. The molecule has 0 aliphatic carbocycles. The minimum atomic E-state index is -0.888. The molecular weight excluding hydrogens is 528 g/mol. The summed E-state index contributed by atoms with van der Waals surface area (Å²) < 4.78 is 29.1. The first kappa shape index (κ1) is 25.6. The largest absolute Gasteiger partial charge is 0.342 e. The highest BCUT2D eigenvalue weighted by Gasteiger charge is 2.21. The number of aromatic nitrogens is 3. The van der Waals surface area contributed by atoms with Gasteiger partial charge in [-0.1, -0.05) is 35.5 Å². The molecule has 2 N–H and O–H groups in total. The Morgan fingerprint density at radius 1 is 1.26 bits per heavy atom. The van der Waals surface area contributed by atoms with Crippen molar-refractivity contribution in [3.63, 3.8) is 0 Å². The molecule has 0 fully saturated rings. The first-order valence-electron chi connectivity index (χ1n) is 10.2. The van der Waals surface area contributed by atoms with E-state index in [9.17, 15) is 18.4 Å². The van der Waals surface area contributed by atoms with Gasteiger partial charge in [-0.15, -0.1) is 16.8 Å². The Kier molecular flexibility index (Phi) is 8.56. The van der Waals surface area contributed by atoms with Gasteiger partial charge < -0.3 is 15.2 Å². The molecule has 0 radical (unpaired) electrons. The Bertz CT molecular complexity index is 1210. The number of allylic oxidation sites excluding steroid dienone is 1. The van der Waals surface area contributed by atoms with Gasteiger partial charge in [-0.05, 0) is 48.0 Å². The molecule has 3 rings (SSSR count). The number of nitrogens with zero attached hydrogens (tertiary/aromatic N) is 3. The molecule has 34 heavy (non-hydrogen) atoms. The van der Waals surface area contributed by atoms with Crippen LogP contribution in [0, 0.1) is 18.6 Å². The van der Waals surface area contributed by atoms with Crippen molar-refractivity contribution in [2.45, 2.75) is 31.6 Å². The first-order valence-corrected chi connectivity index (χ1v) is 12.0. The minimum Gasteiger partial charge on any atom is -0.342 e. The molecule has 1 heterocycles. The van der Waals surface area contributed by atoms with Crippen LogP contribution < -0.4 is 10.6 Å². The van der Waals surface area contributed by atoms with E-state index < -0.39 is 23.6 Å². The van der Waals surface area contributed by atoms with Crippen LogP contribution in [0.15, 0.2) is 58.7 Å². The van der Waals surface area contributed by atoms with Crippen LogP contribution in [0.3, 0.4) is 0 Å². The van der Waals surface area contributed by atoms with E-state index in [4.69, 9.17) is 0 Å². The monoisotopic (exact) mass is 549 g/mol. The Balaban J connectivity index is 1.69. The smallest absolute Gasteiger partial charge is 0.251 e. The van der Waals surface area contributed by atoms with Gasteiger partial charge in [0.2, 0.25) is 5.91 Å². The summed E-state index contributed by atoms with van der Waals surface area (Å²) in [4.78, 5) is 25.0. The third-order valence-electron chi connectivity index (χ3n) is 4.68. The van der Waals surface area contributed by atoms with E-state index in [1.165, 1.54) is 0 Å². The van der Waals surface area contributed by atoms with Crippen LogP contribution in [0.1, 0.15) is 34.7 Å². The molecule has 7 nitrogen and oxygen atoms in total. The Labute approximate surface area is 208 Å². The van der Waals surface area contributed by atoms with Gasteiger partial charge in [0.15, 0.2) is 16.8 Å². The van der Waals surface area contributed by atoms with Gasteiger partial charge in [0.25, 0.3) is 5.91 Å². The molecule has 0 unspecified atom stereocenters. The molecule has 1 aromatic heterocycles. The molecule has 3 aromatic rings. The predicted octanol–water partition coefficient (Wildman–Crippen LogP) is 5.04. The maximum atomic E-state index is 14.0. The molecule has 0 bridgehead atoms. The molecule has 178 valence electrons. The number of hydrogen-bond donors (Lipinski definition) is 2. The first-order chi connectivity index (χ1) is 16.2. The van der Waals surface area contributed by atoms with Gasteiger partial charge in [-0.25, -0.2) is 8.78 Å². The van der Waals surface area contributed by atoms with Gasteiger partial charge in [0.05, 0.1) is 17.5 Å². The zero-order valence-corrected chi connectivity index (χ0v) is 20.8. The van der Waals surface area contributed by atoms with E-state index in [-0.39, 0.29) is 21.8 Å². The zero-order chi connectivity index (χ0) is 24.8. The molecule has 0 spiro atoms. The fourth-order valence-corrected chi connectivity index (χ4v) is 4.39. The summed E-state index contributed by atoms with van der Waals surface area (Å²) in [5.74, 6) is -2.00. The number of carbonyl (C=O) groups excluding carboxylic acids is 2. The summed E-state index contributed by atoms with van der Waals surface area (Å²) in [5.41, 5.74) is 1.36. The quantitative estimate of drug-likeness (QED) is 0.288. The highest BCUT2D eigenvalue weighted by molar-refractivity contribution is 9.10. The van der Waals surface area contributed by atoms with Crippen molar-refractivity contribution in [2.75, 3.05) is 11.1 Å². The molecule has 2 amide bonds. The van der Waals surface area contributed by atoms with Crippen LogP contribution in [0.25, 0.3) is 0 Å². The van der Waals surface area contributed by atoms with Crippen LogP contribution in [0.4, 0.5) is 14.5 Å². The van der Waals surface area contributed by atoms with Crippen molar-refractivity contribution in [2.24, 2.45) is 0 Å². The Morgan fingerprint density at radius 2 is 2.03 bits per heavy atom. The molecule has 0 saturated carbocycles. The molecule has 0 aliphatic rings. The normalized spacial score (nSPS) is 11.7. The van der Waals surface area contributed by atoms with E-state index in [0.29, 0.717) is 29.2 Å². The molecule has 11 heteroatoms. The number of nitrogens with one attached hydrogen (secondary N) is 2. The van der Waals surface area contributed by atoms with E-state index in [1.54, 1.807) is 29.7 Å². The maximum absolute atomic E-state index is 14.0. The maximum Gasteiger partial charge on any atom is 0.251 e. The lowest BCUT2D eigenvalue weighted by molar-refractivity contribution is -0.113. The average molecular weight is 550 g/mol. The molecule has 0 saturated heterocycles. The van der Waals surface area contributed by atoms with E-state index in [0.717, 1.165) is 23.4 Å². The second-order valence-corrected chi connectivity index (χ2v) is 9.18. The summed E-state index contributed by atoms with van der Waals surface area (Å²) in [6.07, 6.45) is 1.65. The van der Waals surface area contributed by atoms with Crippen molar-refractivity contribution in [1.29, 1.82) is 0 Å². The highest BCUT2D eigenvalue weighted by Crippen LogP contribution is 2.27. The fraction of sp³-hybridized carbons (Fsp3) is 0.217. The molecule has 2 aromatic carbocycles. The summed E-state index contributed by atoms with van der Waals surface area (Å²) >= 11 is 4.13. The van der Waals surface area contributed by atoms with E-state index in [2.05, 4.69) is 43.3 Å². The number of amides is 2. The number of anilines is 1. The standard InChI is InChI=1S/C23H22BrF2N5O2S/c1-4-8-31-21(14(3)27-22(33)15-7-5-6-13(2)9-15)29-30-23(31)34-12-19(32)28-20-17(24)10-16(25)11-18(20)26/h4-7,9-11,14H,1,8,12H2,2-3H3,(H,27,33)(H,28,32)/t14-/m0/s1. The highest BCUT2D eigenvalue weighted by atomic mass is 79.9. The molecule has 1 atom stereocenters. The van der Waals surface area contributed by atoms with Crippen LogP contribution in [0.5, 0.6) is 0 Å². The van der Waals surface area contributed by atoms with Gasteiger partial charge in [-0.2, -0.15) is 0 Å². The van der Waals surface area contributed by atoms with Crippen molar-refractivity contribution in [1.82, 2.24) is 20.1 Å². The minimum absolute atomic E-state index is 0.0947. The number of thioether (sulfide) groups is 1. The lowest BCUT2D eigenvalue weighted by Crippen LogP contribution is -2.29. The number of halogens is 3. The third-order valence-corrected chi connectivity index (χ3v) is 6.27. The van der Waals surface area contributed by atoms with E-state index >= 15 is 0 Å². The third kappa shape index (κ3) is 6.29. The summed E-state index contributed by atoms with van der Waals surface area (Å²) in [6, 6.07) is 8.52. The van der Waals surface area contributed by atoms with Crippen molar-refractivity contribution >= 4 is 45.2 Å². The lowest BCUT2D eigenvalue weighted by Gasteiger charge is -2.15. The van der Waals surface area contributed by atoms with Gasteiger partial charge in [0, 0.05) is 22.6 Å². The van der Waals surface area contributed by atoms with Crippen molar-refractivity contribution in [3.05, 3.63) is 82.1 Å². The van der Waals surface area contributed by atoms with Crippen LogP contribution in [-0.4, -0.2) is 32.3 Å². The average Bonchev–Trinajstić information content (AvgIpc) is 3.17. The summed E-state index contributed by atoms with van der Waals surface area (Å²) in [7, 11) is 0. The van der Waals surface area contributed by atoms with Crippen molar-refractivity contribution in [3.8, 4) is 0 Å². The number of hydrogen-bond acceptors (Lipinski definition) is 5. The summed E-state index contributed by atoms with van der Waals surface area (Å²) in [6.45, 7) is 7.79. The lowest BCUT2D eigenvalue weighted by atomic mass is 10.1. The molecular formula is C23H22BrF2N5O2S. The SMILES string of the molecule is C=CCn1c(SCC(=O)Nc2c(F)cc(F)cc2Br)nnc1[C@H](C)NC(=O)c1cccc(C)c1. The van der Waals surface area contributed by atoms with Crippen LogP contribution >= 0.6 is 27.7 Å². The fourth-order valence-electron chi connectivity index (χ4n) is 3.13. The summed E-state index contributed by atoms with van der Waals surface area (Å²) in [5, 5.41) is 14.1. The predicted molar refractivity (Wildman–Crippen MR) is 131 cm³/mol. The van der Waals surface area contributed by atoms with Gasteiger partial charge in [0.1, 0.15) is 5.82 Å². The van der Waals surface area contributed by atoms with E-state index in [1.807, 2.05) is 19.1 Å². The number of aryl methyl sites for hydroxylation is 1. The van der Waals surface area contributed by atoms with Crippen molar-refractivity contribution < 1.29 is 18.4 Å². The number of carbonyl (C=O) groups is 2. The number of rotatable bonds is 9. The van der Waals surface area contributed by atoms with Gasteiger partial charge >= 0.3 is 0 Å². The Morgan fingerprint density at radius 3 is 2.71 bits per heavy atom. The van der Waals surface area contributed by atoms with Crippen LogP contribution in [-0.2, 0) is 11.3 Å². The Hall–Kier alpha value is -3.05. The number of benzene rings is 2. The second-order valence-electron chi connectivity index (χ2n) is 7.39. The topological polar surface area (TPSA) is 88.9 Å². The zero-order valence-electron chi connectivity index (χ0n) is 18.4.